The van der Waals surface area contributed by atoms with Gasteiger partial charge in [-0.1, -0.05) is 12.8 Å². The molecule has 0 radical (unpaired) electrons. The number of nitrogens with two attached hydrogens (primary N) is 1. The third-order valence-corrected chi connectivity index (χ3v) is 5.31. The average Bonchev–Trinajstić information content (AvgIpc) is 2.99. The van der Waals surface area contributed by atoms with E-state index in [1.165, 1.54) is 32.7 Å². The molecule has 5 nitrogen and oxygen atoms in total. The molecule has 0 aliphatic heterocycles. The summed E-state index contributed by atoms with van der Waals surface area (Å²) in [6, 6.07) is 7.58. The third-order valence-electron chi connectivity index (χ3n) is 3.88. The van der Waals surface area contributed by atoms with Gasteiger partial charge in [-0.25, -0.2) is 13.1 Å². The second kappa shape index (κ2) is 6.56. The van der Waals surface area contributed by atoms with Gasteiger partial charge >= 0.3 is 0 Å². The minimum absolute atomic E-state index is 0.294. The maximum atomic E-state index is 11.7. The van der Waals surface area contributed by atoms with Gasteiger partial charge in [0, 0.05) is 24.8 Å². The minimum atomic E-state index is -3.37. The Kier molecular flexibility index (Phi) is 5.01. The van der Waals surface area contributed by atoms with Crippen LogP contribution in [0.3, 0.4) is 0 Å². The van der Waals surface area contributed by atoms with Crippen LogP contribution in [-0.4, -0.2) is 34.6 Å². The molecule has 2 rings (SSSR count). The summed E-state index contributed by atoms with van der Waals surface area (Å²) >= 11 is 0. The highest BCUT2D eigenvalue weighted by Gasteiger charge is 2.22. The second-order valence-electron chi connectivity index (χ2n) is 5.12. The lowest BCUT2D eigenvalue weighted by Gasteiger charge is -2.31. The molecular formula is C14H23N3O2S. The lowest BCUT2D eigenvalue weighted by atomic mass is 10.1. The lowest BCUT2D eigenvalue weighted by molar-refractivity contribution is 0.588. The van der Waals surface area contributed by atoms with E-state index >= 15 is 0 Å². The molecule has 1 saturated carbocycles. The van der Waals surface area contributed by atoms with Gasteiger partial charge in [0.25, 0.3) is 0 Å². The maximum Gasteiger partial charge on any atom is 0.240 e. The molecule has 0 bridgehead atoms. The molecule has 1 aromatic rings. The molecule has 1 aromatic carbocycles. The van der Waals surface area contributed by atoms with Crippen molar-refractivity contribution in [3.8, 4) is 0 Å². The van der Waals surface area contributed by atoms with E-state index in [-0.39, 0.29) is 0 Å². The Morgan fingerprint density at radius 2 is 1.85 bits per heavy atom. The van der Waals surface area contributed by atoms with Gasteiger partial charge in [0.05, 0.1) is 4.90 Å². The minimum Gasteiger partial charge on any atom is -0.367 e. The van der Waals surface area contributed by atoms with E-state index in [0.29, 0.717) is 17.5 Å². The van der Waals surface area contributed by atoms with Crippen LogP contribution in [-0.2, 0) is 10.0 Å². The normalized spacial score (nSPS) is 16.5. The van der Waals surface area contributed by atoms with Crippen molar-refractivity contribution in [2.45, 2.75) is 36.6 Å². The summed E-state index contributed by atoms with van der Waals surface area (Å²) in [4.78, 5) is 2.60. The molecule has 0 atom stereocenters. The Labute approximate surface area is 121 Å². The van der Waals surface area contributed by atoms with Crippen LogP contribution in [0.15, 0.2) is 29.2 Å². The summed E-state index contributed by atoms with van der Waals surface area (Å²) < 4.78 is 25.8. The maximum absolute atomic E-state index is 11.7. The van der Waals surface area contributed by atoms with Crippen LogP contribution in [0.5, 0.6) is 0 Å². The predicted molar refractivity (Wildman–Crippen MR) is 81.3 cm³/mol. The monoisotopic (exact) mass is 297 g/mol. The van der Waals surface area contributed by atoms with Crippen LogP contribution in [0.2, 0.25) is 0 Å². The Morgan fingerprint density at radius 3 is 2.35 bits per heavy atom. The number of hydrogen-bond donors (Lipinski definition) is 2. The summed E-state index contributed by atoms with van der Waals surface area (Å²) in [5.41, 5.74) is 6.76. The first kappa shape index (κ1) is 15.3. The Hall–Kier alpha value is -1.11. The highest BCUT2D eigenvalue weighted by molar-refractivity contribution is 7.89. The van der Waals surface area contributed by atoms with Gasteiger partial charge in [0.2, 0.25) is 10.0 Å². The SMILES string of the molecule is CNS(=O)(=O)c1ccc(N(CCN)C2CCCC2)cc1. The van der Waals surface area contributed by atoms with Crippen LogP contribution >= 0.6 is 0 Å². The first-order chi connectivity index (χ1) is 9.58. The Morgan fingerprint density at radius 1 is 1.25 bits per heavy atom. The molecule has 112 valence electrons. The van der Waals surface area contributed by atoms with E-state index in [0.717, 1.165) is 12.2 Å². The summed E-state index contributed by atoms with van der Waals surface area (Å²) in [5.74, 6) is 0. The largest absolute Gasteiger partial charge is 0.367 e. The summed E-state index contributed by atoms with van der Waals surface area (Å²) in [7, 11) is -1.95. The van der Waals surface area contributed by atoms with Crippen LogP contribution in [0.25, 0.3) is 0 Å². The molecule has 0 unspecified atom stereocenters. The Bertz CT molecular complexity index is 522. The average molecular weight is 297 g/mol. The van der Waals surface area contributed by atoms with Crippen molar-refractivity contribution < 1.29 is 8.42 Å². The number of rotatable bonds is 6. The highest BCUT2D eigenvalue weighted by atomic mass is 32.2. The smallest absolute Gasteiger partial charge is 0.240 e. The van der Waals surface area contributed by atoms with E-state index in [2.05, 4.69) is 9.62 Å². The molecule has 0 amide bonds. The fourth-order valence-corrected chi connectivity index (χ4v) is 3.54. The Balaban J connectivity index is 2.21. The predicted octanol–water partition coefficient (Wildman–Crippen LogP) is 1.30. The van der Waals surface area contributed by atoms with E-state index in [9.17, 15) is 8.42 Å². The number of nitrogens with zero attached hydrogens (tertiary/aromatic N) is 1. The van der Waals surface area contributed by atoms with Crippen molar-refractivity contribution in [1.29, 1.82) is 0 Å². The topological polar surface area (TPSA) is 75.4 Å². The zero-order valence-electron chi connectivity index (χ0n) is 11.9. The van der Waals surface area contributed by atoms with Crippen molar-refractivity contribution in [2.75, 3.05) is 25.0 Å². The number of hydrogen-bond acceptors (Lipinski definition) is 4. The van der Waals surface area contributed by atoms with Crippen LogP contribution in [0.1, 0.15) is 25.7 Å². The zero-order valence-corrected chi connectivity index (χ0v) is 12.7. The van der Waals surface area contributed by atoms with E-state index in [4.69, 9.17) is 5.73 Å². The molecule has 3 N–H and O–H groups in total. The first-order valence-electron chi connectivity index (χ1n) is 7.09. The van der Waals surface area contributed by atoms with Crippen molar-refractivity contribution in [1.82, 2.24) is 4.72 Å². The zero-order chi connectivity index (χ0) is 14.6. The fraction of sp³-hybridized carbons (Fsp3) is 0.571. The van der Waals surface area contributed by atoms with E-state index in [1.54, 1.807) is 12.1 Å². The summed E-state index contributed by atoms with van der Waals surface area (Å²) in [6.07, 6.45) is 4.91. The molecule has 20 heavy (non-hydrogen) atoms. The molecule has 0 aromatic heterocycles. The van der Waals surface area contributed by atoms with Crippen LogP contribution in [0, 0.1) is 0 Å². The first-order valence-corrected chi connectivity index (χ1v) is 8.57. The molecule has 1 aliphatic carbocycles. The van der Waals surface area contributed by atoms with Crippen LogP contribution < -0.4 is 15.4 Å². The second-order valence-corrected chi connectivity index (χ2v) is 7.01. The quantitative estimate of drug-likeness (QED) is 0.830. The van der Waals surface area contributed by atoms with Gasteiger partial charge in [-0.2, -0.15) is 0 Å². The number of anilines is 1. The van der Waals surface area contributed by atoms with Gasteiger partial charge in [-0.15, -0.1) is 0 Å². The number of nitrogens with one attached hydrogen (secondary N) is 1. The van der Waals surface area contributed by atoms with Crippen LogP contribution in [0.4, 0.5) is 5.69 Å². The van der Waals surface area contributed by atoms with Gasteiger partial charge in [-0.3, -0.25) is 0 Å². The van der Waals surface area contributed by atoms with Crippen molar-refractivity contribution in [2.24, 2.45) is 5.73 Å². The van der Waals surface area contributed by atoms with Crippen molar-refractivity contribution in [3.63, 3.8) is 0 Å². The van der Waals surface area contributed by atoms with Crippen molar-refractivity contribution >= 4 is 15.7 Å². The van der Waals surface area contributed by atoms with Gasteiger partial charge in [0.1, 0.15) is 0 Å². The number of benzene rings is 1. The van der Waals surface area contributed by atoms with Gasteiger partial charge < -0.3 is 10.6 Å². The summed E-state index contributed by atoms with van der Waals surface area (Å²) in [6.45, 7) is 1.41. The fourth-order valence-electron chi connectivity index (χ4n) is 2.81. The van der Waals surface area contributed by atoms with E-state index in [1.807, 2.05) is 12.1 Å². The lowest BCUT2D eigenvalue weighted by Crippen LogP contribution is -2.37. The molecule has 0 spiro atoms. The van der Waals surface area contributed by atoms with E-state index < -0.39 is 10.0 Å². The molecule has 0 heterocycles. The van der Waals surface area contributed by atoms with Crippen molar-refractivity contribution in [3.05, 3.63) is 24.3 Å². The molecule has 6 heteroatoms. The molecular weight excluding hydrogens is 274 g/mol. The molecule has 1 fully saturated rings. The standard InChI is InChI=1S/C14H23N3O2S/c1-16-20(18,19)14-8-6-13(7-9-14)17(11-10-15)12-4-2-3-5-12/h6-9,12,16H,2-5,10-11,15H2,1H3. The third kappa shape index (κ3) is 3.31. The molecule has 1 aliphatic rings. The highest BCUT2D eigenvalue weighted by Crippen LogP contribution is 2.28. The summed E-state index contributed by atoms with van der Waals surface area (Å²) in [5, 5.41) is 0. The number of sulfonamides is 1. The van der Waals surface area contributed by atoms with Gasteiger partial charge in [0.15, 0.2) is 0 Å². The van der Waals surface area contributed by atoms with Gasteiger partial charge in [-0.05, 0) is 44.2 Å². The molecule has 0 saturated heterocycles.